The van der Waals surface area contributed by atoms with Crippen LogP contribution in [0, 0.1) is 13.8 Å². The third-order valence-corrected chi connectivity index (χ3v) is 6.39. The minimum Gasteiger partial charge on any atom is -0.506 e. The highest BCUT2D eigenvalue weighted by Gasteiger charge is 2.26. The van der Waals surface area contributed by atoms with Gasteiger partial charge in [0.05, 0.1) is 38.0 Å². The number of phenolic OH excluding ortho intramolecular Hbond substituents is 1. The molecule has 2 N–H and O–H groups in total. The topological polar surface area (TPSA) is 59.1 Å². The van der Waals surface area contributed by atoms with Crippen molar-refractivity contribution in [1.29, 1.82) is 0 Å². The molecule has 0 bridgehead atoms. The zero-order valence-electron chi connectivity index (χ0n) is 17.5. The lowest BCUT2D eigenvalue weighted by Crippen LogP contribution is -3.15. The first-order valence-electron chi connectivity index (χ1n) is 10.7. The molecule has 2 fully saturated rings. The molecule has 2 aromatic rings. The average molecular weight is 399 g/mol. The molecule has 2 aliphatic heterocycles. The van der Waals surface area contributed by atoms with Crippen LogP contribution in [0.4, 0.5) is 5.69 Å². The van der Waals surface area contributed by atoms with Gasteiger partial charge >= 0.3 is 0 Å². The molecule has 6 nitrogen and oxygen atoms in total. The zero-order valence-corrected chi connectivity index (χ0v) is 17.5. The average Bonchev–Trinajstić information content (AvgIpc) is 3.33. The largest absolute Gasteiger partial charge is 0.506 e. The fraction of sp³-hybridized carbons (Fsp3) is 0.522. The number of benzene rings is 1. The molecule has 1 aromatic heterocycles. The molecule has 0 aliphatic carbocycles. The number of Topliss-reactive ketones (excluding diaryl/α,β-unsaturated/α-hetero) is 1. The van der Waals surface area contributed by atoms with E-state index < -0.39 is 0 Å². The predicted molar refractivity (Wildman–Crippen MR) is 113 cm³/mol. The van der Waals surface area contributed by atoms with E-state index in [1.165, 1.54) is 4.90 Å². The molecular weight excluding hydrogens is 366 g/mol. The Labute approximate surface area is 172 Å². The number of phenols is 1. The first-order valence-corrected chi connectivity index (χ1v) is 10.7. The van der Waals surface area contributed by atoms with Crippen LogP contribution >= 0.6 is 0 Å². The van der Waals surface area contributed by atoms with Crippen molar-refractivity contribution in [3.8, 4) is 5.75 Å². The van der Waals surface area contributed by atoms with Crippen molar-refractivity contribution in [2.24, 2.45) is 0 Å². The van der Waals surface area contributed by atoms with Crippen molar-refractivity contribution in [1.82, 2.24) is 4.57 Å². The van der Waals surface area contributed by atoms with Crippen molar-refractivity contribution < 1.29 is 19.5 Å². The summed E-state index contributed by atoms with van der Waals surface area (Å²) in [5.41, 5.74) is 3.95. The Hall–Kier alpha value is -2.31. The number of piperazine rings is 1. The zero-order chi connectivity index (χ0) is 20.4. The number of hydrogen-bond acceptors (Lipinski definition) is 4. The standard InChI is InChI=1S/C23H31N3O3/c1-17-14-20(18(2)26(17)15-19-6-5-13-29-19)23(28)16-24-9-11-25(12-10-24)21-7-3-4-8-22(21)27/h3-4,7-8,14,19,27H,5-6,9-13,15-16H2,1-2H3/p+1/t19-/m0/s1. The van der Waals surface area contributed by atoms with Gasteiger partial charge < -0.3 is 24.2 Å². The van der Waals surface area contributed by atoms with Crippen LogP contribution in [0.1, 0.15) is 34.6 Å². The molecule has 2 aliphatic rings. The lowest BCUT2D eigenvalue weighted by molar-refractivity contribution is -0.892. The SMILES string of the molecule is Cc1cc(C(=O)C[NH+]2CCN(c3ccccc3O)CC2)c(C)n1C[C@@H]1CCCO1. The molecule has 0 amide bonds. The van der Waals surface area contributed by atoms with Crippen LogP contribution in [0.3, 0.4) is 0 Å². The summed E-state index contributed by atoms with van der Waals surface area (Å²) in [6.45, 7) is 9.85. The number of carbonyl (C=O) groups excluding carboxylic acids is 1. The summed E-state index contributed by atoms with van der Waals surface area (Å²) in [7, 11) is 0. The summed E-state index contributed by atoms with van der Waals surface area (Å²) in [6, 6.07) is 9.52. The molecule has 2 saturated heterocycles. The van der Waals surface area contributed by atoms with Crippen LogP contribution in [-0.4, -0.2) is 60.9 Å². The Morgan fingerprint density at radius 3 is 2.69 bits per heavy atom. The van der Waals surface area contributed by atoms with Gasteiger partial charge in [-0.1, -0.05) is 12.1 Å². The molecular formula is C23H32N3O3+. The van der Waals surface area contributed by atoms with Crippen LogP contribution in [0.25, 0.3) is 0 Å². The first kappa shape index (κ1) is 20.0. The van der Waals surface area contributed by atoms with E-state index in [0.29, 0.717) is 12.3 Å². The number of carbonyl (C=O) groups is 1. The van der Waals surface area contributed by atoms with E-state index in [9.17, 15) is 9.90 Å². The van der Waals surface area contributed by atoms with Crippen LogP contribution in [0.15, 0.2) is 30.3 Å². The van der Waals surface area contributed by atoms with Gasteiger partial charge in [0.2, 0.25) is 5.78 Å². The van der Waals surface area contributed by atoms with Crippen LogP contribution < -0.4 is 9.80 Å². The summed E-state index contributed by atoms with van der Waals surface area (Å²) in [6.07, 6.45) is 2.51. The van der Waals surface area contributed by atoms with Crippen LogP contribution in [0.2, 0.25) is 0 Å². The van der Waals surface area contributed by atoms with Crippen molar-refractivity contribution in [3.63, 3.8) is 0 Å². The number of ketones is 1. The highest BCUT2D eigenvalue weighted by atomic mass is 16.5. The van der Waals surface area contributed by atoms with Gasteiger partial charge in [-0.3, -0.25) is 4.79 Å². The molecule has 6 heteroatoms. The number of anilines is 1. The lowest BCUT2D eigenvalue weighted by atomic mass is 10.1. The monoisotopic (exact) mass is 398 g/mol. The first-order chi connectivity index (χ1) is 14.0. The normalized spacial score (nSPS) is 20.3. The summed E-state index contributed by atoms with van der Waals surface area (Å²) < 4.78 is 8.03. The Balaban J connectivity index is 1.36. The smallest absolute Gasteiger partial charge is 0.218 e. The molecule has 1 aromatic carbocycles. The second-order valence-electron chi connectivity index (χ2n) is 8.36. The summed E-state index contributed by atoms with van der Waals surface area (Å²) >= 11 is 0. The van der Waals surface area contributed by atoms with Crippen LogP contribution in [0.5, 0.6) is 5.75 Å². The van der Waals surface area contributed by atoms with E-state index in [1.54, 1.807) is 6.07 Å². The van der Waals surface area contributed by atoms with Crippen molar-refractivity contribution >= 4 is 11.5 Å². The molecule has 0 unspecified atom stereocenters. The van der Waals surface area contributed by atoms with Gasteiger partial charge in [0.25, 0.3) is 0 Å². The van der Waals surface area contributed by atoms with Crippen molar-refractivity contribution in [2.75, 3.05) is 44.2 Å². The number of aromatic hydroxyl groups is 1. The second kappa shape index (κ2) is 8.59. The van der Waals surface area contributed by atoms with E-state index in [2.05, 4.69) is 23.3 Å². The fourth-order valence-electron chi connectivity index (χ4n) is 4.65. The maximum Gasteiger partial charge on any atom is 0.218 e. The third kappa shape index (κ3) is 4.33. The van der Waals surface area contributed by atoms with Gasteiger partial charge in [-0.05, 0) is 44.9 Å². The summed E-state index contributed by atoms with van der Waals surface area (Å²) in [5.74, 6) is 0.549. The number of rotatable bonds is 6. The fourth-order valence-corrected chi connectivity index (χ4v) is 4.65. The van der Waals surface area contributed by atoms with E-state index in [-0.39, 0.29) is 11.9 Å². The quantitative estimate of drug-likeness (QED) is 0.726. The Morgan fingerprint density at radius 2 is 2.00 bits per heavy atom. The Bertz CT molecular complexity index is 862. The van der Waals surface area contributed by atoms with Gasteiger partial charge in [0.1, 0.15) is 12.3 Å². The number of nitrogens with one attached hydrogen (secondary N) is 1. The number of aromatic nitrogens is 1. The number of nitrogens with zero attached hydrogens (tertiary/aromatic N) is 2. The van der Waals surface area contributed by atoms with E-state index in [1.807, 2.05) is 24.3 Å². The molecule has 4 rings (SSSR count). The highest BCUT2D eigenvalue weighted by Crippen LogP contribution is 2.26. The van der Waals surface area contributed by atoms with Gasteiger partial charge in [-0.15, -0.1) is 0 Å². The van der Waals surface area contributed by atoms with Gasteiger partial charge in [0.15, 0.2) is 0 Å². The maximum absolute atomic E-state index is 13.0. The summed E-state index contributed by atoms with van der Waals surface area (Å²) in [5, 5.41) is 10.1. The van der Waals surface area contributed by atoms with Gasteiger partial charge in [-0.25, -0.2) is 0 Å². The number of ether oxygens (including phenoxy) is 1. The Kier molecular flexibility index (Phi) is 5.92. The molecule has 1 atom stereocenters. The molecule has 0 radical (unpaired) electrons. The summed E-state index contributed by atoms with van der Waals surface area (Å²) in [4.78, 5) is 16.5. The van der Waals surface area contributed by atoms with Crippen molar-refractivity contribution in [3.05, 3.63) is 47.3 Å². The van der Waals surface area contributed by atoms with E-state index in [0.717, 1.165) is 74.8 Å². The minimum atomic E-state index is 0.225. The molecule has 3 heterocycles. The third-order valence-electron chi connectivity index (χ3n) is 6.39. The number of aryl methyl sites for hydroxylation is 1. The second-order valence-corrected chi connectivity index (χ2v) is 8.36. The number of hydrogen-bond donors (Lipinski definition) is 2. The van der Waals surface area contributed by atoms with Gasteiger partial charge in [0, 0.05) is 30.1 Å². The predicted octanol–water partition coefficient (Wildman–Crippen LogP) is 1.58. The minimum absolute atomic E-state index is 0.225. The van der Waals surface area contributed by atoms with Crippen molar-refractivity contribution in [2.45, 2.75) is 39.3 Å². The number of quaternary nitrogens is 1. The van der Waals surface area contributed by atoms with Crippen LogP contribution in [-0.2, 0) is 11.3 Å². The lowest BCUT2D eigenvalue weighted by Gasteiger charge is -2.33. The number of para-hydroxylation sites is 2. The van der Waals surface area contributed by atoms with E-state index in [4.69, 9.17) is 4.74 Å². The molecule has 0 spiro atoms. The maximum atomic E-state index is 13.0. The Morgan fingerprint density at radius 1 is 1.24 bits per heavy atom. The van der Waals surface area contributed by atoms with E-state index >= 15 is 0 Å². The molecule has 29 heavy (non-hydrogen) atoms. The molecule has 156 valence electrons. The highest BCUT2D eigenvalue weighted by molar-refractivity contribution is 5.98. The molecule has 0 saturated carbocycles. The van der Waals surface area contributed by atoms with Gasteiger partial charge in [-0.2, -0.15) is 0 Å².